The molecule has 68 valence electrons. The molecule has 0 amide bonds. The maximum atomic E-state index is 9.99. The van der Waals surface area contributed by atoms with Crippen LogP contribution in [0.5, 0.6) is 0 Å². The number of aldehydes is 1. The fraction of sp³-hybridized carbons (Fsp3) is 0. The van der Waals surface area contributed by atoms with Gasteiger partial charge >= 0.3 is 0 Å². The van der Waals surface area contributed by atoms with Gasteiger partial charge in [0.1, 0.15) is 6.29 Å². The zero-order valence-electron chi connectivity index (χ0n) is 7.68. The average Bonchev–Trinajstić information content (AvgIpc) is 2.25. The predicted octanol–water partition coefficient (Wildman–Crippen LogP) is 2.44. The molecule has 0 N–H and O–H groups in total. The van der Waals surface area contributed by atoms with Crippen LogP contribution in [0.2, 0.25) is 0 Å². The third-order valence-corrected chi connectivity index (χ3v) is 1.69. The second-order valence-electron chi connectivity index (χ2n) is 2.61. The molecule has 0 aliphatic heterocycles. The molecule has 0 saturated heterocycles. The fourth-order valence-corrected chi connectivity index (χ4v) is 1.04. The topological polar surface area (TPSA) is 17.1 Å². The van der Waals surface area contributed by atoms with Crippen LogP contribution in [0, 0.1) is 12.3 Å². The van der Waals surface area contributed by atoms with Crippen molar-refractivity contribution in [3.8, 4) is 12.3 Å². The van der Waals surface area contributed by atoms with Crippen molar-refractivity contribution in [1.29, 1.82) is 0 Å². The molecule has 1 aromatic carbocycles. The molecule has 0 bridgehead atoms. The Labute approximate surface area is 83.8 Å². The molecule has 0 fully saturated rings. The molecule has 0 aliphatic carbocycles. The summed E-state index contributed by atoms with van der Waals surface area (Å²) in [6, 6.07) is 7.63. The number of benzene rings is 1. The lowest BCUT2D eigenvalue weighted by molar-refractivity contribution is -0.104. The molecule has 1 nitrogen and oxygen atoms in total. The number of carbonyl (C=O) groups is 1. The van der Waals surface area contributed by atoms with Crippen LogP contribution < -0.4 is 0 Å². The summed E-state index contributed by atoms with van der Waals surface area (Å²) in [5.41, 5.74) is 1.83. The Hall–Kier alpha value is -2.07. The van der Waals surface area contributed by atoms with Gasteiger partial charge in [0.25, 0.3) is 0 Å². The van der Waals surface area contributed by atoms with Gasteiger partial charge in [0.05, 0.1) is 0 Å². The van der Waals surface area contributed by atoms with E-state index in [4.69, 9.17) is 6.42 Å². The molecule has 1 rings (SSSR count). The molecular weight excluding hydrogens is 172 g/mol. The van der Waals surface area contributed by atoms with Gasteiger partial charge in [-0.25, -0.2) is 0 Å². The van der Waals surface area contributed by atoms with E-state index in [1.807, 2.05) is 30.3 Å². The van der Waals surface area contributed by atoms with E-state index in [9.17, 15) is 4.79 Å². The number of carbonyl (C=O) groups excluding carboxylic acids is 1. The molecule has 14 heavy (non-hydrogen) atoms. The number of terminal acetylenes is 1. The van der Waals surface area contributed by atoms with Gasteiger partial charge in [0, 0.05) is 5.56 Å². The molecule has 1 heteroatoms. The first-order chi connectivity index (χ1) is 6.88. The van der Waals surface area contributed by atoms with Crippen LogP contribution in [0.4, 0.5) is 0 Å². The first kappa shape index (κ1) is 10.0. The van der Waals surface area contributed by atoms with Gasteiger partial charge in [-0.3, -0.25) is 4.79 Å². The van der Waals surface area contributed by atoms with Crippen LogP contribution in [0.3, 0.4) is 0 Å². The van der Waals surface area contributed by atoms with Crippen molar-refractivity contribution in [3.05, 3.63) is 53.6 Å². The smallest absolute Gasteiger partial charge is 0.142 e. The lowest BCUT2D eigenvalue weighted by Gasteiger charge is -1.95. The third kappa shape index (κ3) is 2.76. The van der Waals surface area contributed by atoms with Gasteiger partial charge in [-0.05, 0) is 17.7 Å². The highest BCUT2D eigenvalue weighted by Gasteiger charge is 1.91. The summed E-state index contributed by atoms with van der Waals surface area (Å²) in [7, 11) is 0. The Balaban J connectivity index is 2.86. The van der Waals surface area contributed by atoms with E-state index in [0.29, 0.717) is 0 Å². The Kier molecular flexibility index (Phi) is 3.97. The van der Waals surface area contributed by atoms with Crippen LogP contribution >= 0.6 is 0 Å². The van der Waals surface area contributed by atoms with E-state index in [0.717, 1.165) is 17.4 Å². The second kappa shape index (κ2) is 5.55. The fourth-order valence-electron chi connectivity index (χ4n) is 1.04. The van der Waals surface area contributed by atoms with Crippen molar-refractivity contribution < 1.29 is 4.79 Å². The lowest BCUT2D eigenvalue weighted by atomic mass is 10.1. The van der Waals surface area contributed by atoms with Gasteiger partial charge in [0.2, 0.25) is 0 Å². The highest BCUT2D eigenvalue weighted by molar-refractivity contribution is 5.67. The first-order valence-corrected chi connectivity index (χ1v) is 4.22. The van der Waals surface area contributed by atoms with Gasteiger partial charge in [-0.15, -0.1) is 6.42 Å². The average molecular weight is 182 g/mol. The quantitative estimate of drug-likeness (QED) is 0.304. The molecule has 0 aromatic heterocycles. The number of hydrogen-bond donors (Lipinski definition) is 0. The van der Waals surface area contributed by atoms with Crippen molar-refractivity contribution in [1.82, 2.24) is 0 Å². The molecule has 0 radical (unpaired) electrons. The molecule has 0 unspecified atom stereocenters. The van der Waals surface area contributed by atoms with Crippen LogP contribution in [0.25, 0.3) is 6.08 Å². The van der Waals surface area contributed by atoms with Crippen molar-refractivity contribution in [2.45, 2.75) is 0 Å². The third-order valence-electron chi connectivity index (χ3n) is 1.69. The minimum Gasteiger partial charge on any atom is -0.299 e. The number of rotatable bonds is 3. The van der Waals surface area contributed by atoms with Gasteiger partial charge in [0.15, 0.2) is 0 Å². The Bertz CT molecular complexity index is 405. The standard InChI is InChI=1S/C13H10O/c1-2-12-8-5-6-10-13(12)9-4-3-7-11-14/h1,3-11H/b7-3+,9-4+. The Morgan fingerprint density at radius 2 is 1.93 bits per heavy atom. The summed E-state index contributed by atoms with van der Waals surface area (Å²) in [5, 5.41) is 0. The summed E-state index contributed by atoms with van der Waals surface area (Å²) in [6.45, 7) is 0. The van der Waals surface area contributed by atoms with Crippen molar-refractivity contribution >= 4 is 12.4 Å². The highest BCUT2D eigenvalue weighted by Crippen LogP contribution is 2.08. The van der Waals surface area contributed by atoms with Crippen LogP contribution in [-0.4, -0.2) is 6.29 Å². The molecule has 0 aliphatic rings. The SMILES string of the molecule is C#Cc1ccccc1/C=C/C=C/C=O. The molecule has 0 spiro atoms. The van der Waals surface area contributed by atoms with Crippen LogP contribution in [-0.2, 0) is 4.79 Å². The summed E-state index contributed by atoms with van der Waals surface area (Å²) >= 11 is 0. The van der Waals surface area contributed by atoms with E-state index >= 15 is 0 Å². The van der Waals surface area contributed by atoms with E-state index < -0.39 is 0 Å². The van der Waals surface area contributed by atoms with E-state index in [1.54, 1.807) is 12.2 Å². The van der Waals surface area contributed by atoms with Gasteiger partial charge in [-0.1, -0.05) is 42.3 Å². The van der Waals surface area contributed by atoms with Crippen molar-refractivity contribution in [3.63, 3.8) is 0 Å². The van der Waals surface area contributed by atoms with Gasteiger partial charge < -0.3 is 0 Å². The zero-order chi connectivity index (χ0) is 10.2. The monoisotopic (exact) mass is 182 g/mol. The number of allylic oxidation sites excluding steroid dienone is 3. The summed E-state index contributed by atoms with van der Waals surface area (Å²) in [5.74, 6) is 2.59. The summed E-state index contributed by atoms with van der Waals surface area (Å²) in [6.07, 6.45) is 12.8. The molecule has 0 saturated carbocycles. The summed E-state index contributed by atoms with van der Waals surface area (Å²) in [4.78, 5) is 9.99. The van der Waals surface area contributed by atoms with E-state index in [-0.39, 0.29) is 0 Å². The first-order valence-electron chi connectivity index (χ1n) is 4.22. The molecule has 0 atom stereocenters. The zero-order valence-corrected chi connectivity index (χ0v) is 7.68. The van der Waals surface area contributed by atoms with Crippen LogP contribution in [0.1, 0.15) is 11.1 Å². The second-order valence-corrected chi connectivity index (χ2v) is 2.61. The highest BCUT2D eigenvalue weighted by atomic mass is 16.1. The minimum atomic E-state index is 0.734. The van der Waals surface area contributed by atoms with Crippen molar-refractivity contribution in [2.75, 3.05) is 0 Å². The largest absolute Gasteiger partial charge is 0.299 e. The Morgan fingerprint density at radius 1 is 1.14 bits per heavy atom. The van der Waals surface area contributed by atoms with Gasteiger partial charge in [-0.2, -0.15) is 0 Å². The minimum absolute atomic E-state index is 0.734. The molecule has 1 aromatic rings. The predicted molar refractivity (Wildman–Crippen MR) is 58.6 cm³/mol. The van der Waals surface area contributed by atoms with E-state index in [1.165, 1.54) is 6.08 Å². The maximum absolute atomic E-state index is 9.99. The van der Waals surface area contributed by atoms with Crippen molar-refractivity contribution in [2.24, 2.45) is 0 Å². The Morgan fingerprint density at radius 3 is 2.64 bits per heavy atom. The lowest BCUT2D eigenvalue weighted by Crippen LogP contribution is -1.79. The molecule has 0 heterocycles. The van der Waals surface area contributed by atoms with Crippen LogP contribution in [0.15, 0.2) is 42.5 Å². The van der Waals surface area contributed by atoms with E-state index in [2.05, 4.69) is 5.92 Å². The molecular formula is C13H10O. The number of hydrogen-bond acceptors (Lipinski definition) is 1. The maximum Gasteiger partial charge on any atom is 0.142 e. The summed E-state index contributed by atoms with van der Waals surface area (Å²) < 4.78 is 0. The normalized spacial score (nSPS) is 10.5.